The third-order valence-corrected chi connectivity index (χ3v) is 2.96. The summed E-state index contributed by atoms with van der Waals surface area (Å²) in [6.07, 6.45) is 0. The number of hydrogen-bond acceptors (Lipinski definition) is 3. The maximum Gasteiger partial charge on any atom is 0.313 e. The van der Waals surface area contributed by atoms with Crippen molar-refractivity contribution in [1.29, 1.82) is 0 Å². The van der Waals surface area contributed by atoms with Crippen LogP contribution < -0.4 is 9.47 Å². The van der Waals surface area contributed by atoms with Crippen LogP contribution in [0.15, 0.2) is 12.1 Å². The summed E-state index contributed by atoms with van der Waals surface area (Å²) < 4.78 is 10.4. The molecule has 0 spiro atoms. The van der Waals surface area contributed by atoms with Crippen molar-refractivity contribution in [2.75, 3.05) is 6.79 Å². The highest BCUT2D eigenvalue weighted by Crippen LogP contribution is 2.42. The van der Waals surface area contributed by atoms with Gasteiger partial charge >= 0.3 is 5.97 Å². The molecule has 5 heteroatoms. The minimum absolute atomic E-state index is 0.117. The van der Waals surface area contributed by atoms with Gasteiger partial charge in [0.1, 0.15) is 0 Å². The summed E-state index contributed by atoms with van der Waals surface area (Å²) in [6.45, 7) is 3.35. The Labute approximate surface area is 97.7 Å². The molecule has 0 aliphatic carbocycles. The number of halogens is 1. The second kappa shape index (κ2) is 3.56. The Morgan fingerprint density at radius 1 is 1.44 bits per heavy atom. The zero-order chi connectivity index (χ0) is 11.9. The van der Waals surface area contributed by atoms with Gasteiger partial charge in [-0.25, -0.2) is 0 Å². The summed E-state index contributed by atoms with van der Waals surface area (Å²) in [5.74, 6) is 0.0610. The van der Waals surface area contributed by atoms with Crippen molar-refractivity contribution in [2.45, 2.75) is 19.3 Å². The Morgan fingerprint density at radius 3 is 2.75 bits per heavy atom. The number of hydrogen-bond donors (Lipinski definition) is 1. The lowest BCUT2D eigenvalue weighted by Crippen LogP contribution is -2.28. The molecule has 0 unspecified atom stereocenters. The molecule has 2 rings (SSSR count). The highest BCUT2D eigenvalue weighted by atomic mass is 35.5. The van der Waals surface area contributed by atoms with Crippen molar-refractivity contribution in [3.8, 4) is 11.5 Å². The molecule has 0 saturated heterocycles. The van der Waals surface area contributed by atoms with E-state index in [9.17, 15) is 4.79 Å². The molecule has 0 atom stereocenters. The monoisotopic (exact) mass is 242 g/mol. The second-order valence-electron chi connectivity index (χ2n) is 4.12. The number of fused-ring (bicyclic) bond motifs is 1. The van der Waals surface area contributed by atoms with E-state index in [1.165, 1.54) is 0 Å². The van der Waals surface area contributed by atoms with E-state index in [-0.39, 0.29) is 6.79 Å². The van der Waals surface area contributed by atoms with Crippen molar-refractivity contribution in [2.24, 2.45) is 0 Å². The van der Waals surface area contributed by atoms with Gasteiger partial charge in [-0.15, -0.1) is 0 Å². The molecular weight excluding hydrogens is 232 g/mol. The fourth-order valence-electron chi connectivity index (χ4n) is 1.45. The molecule has 86 valence electrons. The van der Waals surface area contributed by atoms with Crippen molar-refractivity contribution in [3.63, 3.8) is 0 Å². The number of aliphatic carboxylic acids is 1. The largest absolute Gasteiger partial charge is 0.481 e. The van der Waals surface area contributed by atoms with E-state index in [4.69, 9.17) is 26.2 Å². The van der Waals surface area contributed by atoms with Gasteiger partial charge in [0.25, 0.3) is 0 Å². The predicted octanol–water partition coefficient (Wildman–Crippen LogP) is 2.43. The predicted molar refractivity (Wildman–Crippen MR) is 58.2 cm³/mol. The van der Waals surface area contributed by atoms with E-state index < -0.39 is 11.4 Å². The third kappa shape index (κ3) is 1.59. The second-order valence-corrected chi connectivity index (χ2v) is 4.53. The molecule has 1 heterocycles. The molecule has 1 aromatic rings. The molecule has 1 aliphatic rings. The van der Waals surface area contributed by atoms with Crippen molar-refractivity contribution >= 4 is 17.6 Å². The Bertz CT molecular complexity index is 454. The van der Waals surface area contributed by atoms with Gasteiger partial charge in [0, 0.05) is 0 Å². The van der Waals surface area contributed by atoms with Crippen LogP contribution in [0.25, 0.3) is 0 Å². The molecule has 4 nitrogen and oxygen atoms in total. The van der Waals surface area contributed by atoms with E-state index >= 15 is 0 Å². The van der Waals surface area contributed by atoms with Gasteiger partial charge < -0.3 is 14.6 Å². The standard InChI is InChI=1S/C11H11ClO4/c1-11(2,10(13)14)6-3-7(12)9-8(4-6)15-5-16-9/h3-4H,5H2,1-2H3,(H,13,14). The quantitative estimate of drug-likeness (QED) is 0.865. The first kappa shape index (κ1) is 11.1. The normalized spacial score (nSPS) is 13.9. The number of rotatable bonds is 2. The van der Waals surface area contributed by atoms with Gasteiger partial charge in [-0.1, -0.05) is 11.6 Å². The molecule has 1 aromatic carbocycles. The van der Waals surface area contributed by atoms with Crippen molar-refractivity contribution < 1.29 is 19.4 Å². The Hall–Kier alpha value is -1.42. The Balaban J connectivity index is 2.52. The van der Waals surface area contributed by atoms with Crippen LogP contribution in [0.4, 0.5) is 0 Å². The van der Waals surface area contributed by atoms with E-state index in [0.717, 1.165) is 0 Å². The van der Waals surface area contributed by atoms with E-state index in [1.807, 2.05) is 0 Å². The molecular formula is C11H11ClO4. The summed E-state index contributed by atoms with van der Waals surface area (Å²) >= 11 is 5.99. The Kier molecular flexibility index (Phi) is 2.46. The van der Waals surface area contributed by atoms with Crippen LogP contribution in [0.3, 0.4) is 0 Å². The van der Waals surface area contributed by atoms with E-state index in [2.05, 4.69) is 0 Å². The minimum Gasteiger partial charge on any atom is -0.481 e. The van der Waals surface area contributed by atoms with Gasteiger partial charge in [-0.3, -0.25) is 4.79 Å². The molecule has 0 fully saturated rings. The average molecular weight is 243 g/mol. The van der Waals surface area contributed by atoms with Crippen LogP contribution in [-0.2, 0) is 10.2 Å². The first-order chi connectivity index (χ1) is 7.43. The molecule has 16 heavy (non-hydrogen) atoms. The topological polar surface area (TPSA) is 55.8 Å². The summed E-state index contributed by atoms with van der Waals surface area (Å²) in [5.41, 5.74) is -0.417. The third-order valence-electron chi connectivity index (χ3n) is 2.68. The van der Waals surface area contributed by atoms with Crippen LogP contribution >= 0.6 is 11.6 Å². The number of ether oxygens (including phenoxy) is 2. The van der Waals surface area contributed by atoms with Gasteiger partial charge in [-0.05, 0) is 31.5 Å². The molecule has 0 radical (unpaired) electrons. The van der Waals surface area contributed by atoms with Crippen molar-refractivity contribution in [3.05, 3.63) is 22.7 Å². The lowest BCUT2D eigenvalue weighted by molar-refractivity contribution is -0.142. The van der Waals surface area contributed by atoms with Crippen LogP contribution in [0.5, 0.6) is 11.5 Å². The van der Waals surface area contributed by atoms with Gasteiger partial charge in [0.05, 0.1) is 10.4 Å². The van der Waals surface area contributed by atoms with E-state index in [0.29, 0.717) is 22.1 Å². The summed E-state index contributed by atoms with van der Waals surface area (Å²) in [6, 6.07) is 3.26. The Morgan fingerprint density at radius 2 is 2.12 bits per heavy atom. The summed E-state index contributed by atoms with van der Waals surface area (Å²) in [4.78, 5) is 11.1. The summed E-state index contributed by atoms with van der Waals surface area (Å²) in [5, 5.41) is 9.49. The van der Waals surface area contributed by atoms with Gasteiger partial charge in [-0.2, -0.15) is 0 Å². The lowest BCUT2D eigenvalue weighted by atomic mass is 9.84. The first-order valence-electron chi connectivity index (χ1n) is 4.76. The minimum atomic E-state index is -1.01. The fourth-order valence-corrected chi connectivity index (χ4v) is 1.72. The zero-order valence-corrected chi connectivity index (χ0v) is 9.67. The average Bonchev–Trinajstić information content (AvgIpc) is 2.65. The van der Waals surface area contributed by atoms with Crippen molar-refractivity contribution in [1.82, 2.24) is 0 Å². The zero-order valence-electron chi connectivity index (χ0n) is 8.91. The highest BCUT2D eigenvalue weighted by Gasteiger charge is 2.32. The lowest BCUT2D eigenvalue weighted by Gasteiger charge is -2.20. The van der Waals surface area contributed by atoms with Crippen LogP contribution in [0.2, 0.25) is 5.02 Å². The van der Waals surface area contributed by atoms with E-state index in [1.54, 1.807) is 26.0 Å². The molecule has 1 aliphatic heterocycles. The number of carboxylic acids is 1. The molecule has 0 aromatic heterocycles. The maximum absolute atomic E-state index is 11.1. The molecule has 0 saturated carbocycles. The smallest absolute Gasteiger partial charge is 0.313 e. The van der Waals surface area contributed by atoms with Gasteiger partial charge in [0.15, 0.2) is 11.5 Å². The van der Waals surface area contributed by atoms with Gasteiger partial charge in [0.2, 0.25) is 6.79 Å². The fraction of sp³-hybridized carbons (Fsp3) is 0.364. The molecule has 1 N–H and O–H groups in total. The number of benzene rings is 1. The highest BCUT2D eigenvalue weighted by molar-refractivity contribution is 6.32. The van der Waals surface area contributed by atoms with Crippen LogP contribution in [0.1, 0.15) is 19.4 Å². The SMILES string of the molecule is CC(C)(C(=O)O)c1cc(Cl)c2c(c1)OCO2. The number of carboxylic acid groups (broad SMARTS) is 1. The number of carbonyl (C=O) groups is 1. The first-order valence-corrected chi connectivity index (χ1v) is 5.13. The summed E-state index contributed by atoms with van der Waals surface area (Å²) in [7, 11) is 0. The maximum atomic E-state index is 11.1. The molecule has 0 bridgehead atoms. The molecule has 0 amide bonds. The van der Waals surface area contributed by atoms with Crippen LogP contribution in [0, 0.1) is 0 Å². The van der Waals surface area contributed by atoms with Crippen LogP contribution in [-0.4, -0.2) is 17.9 Å².